The molecule has 1 aromatic rings. The van der Waals surface area contributed by atoms with Gasteiger partial charge >= 0.3 is 0 Å². The van der Waals surface area contributed by atoms with Gasteiger partial charge < -0.3 is 16.0 Å². The van der Waals surface area contributed by atoms with Gasteiger partial charge in [0.2, 0.25) is 17.7 Å². The summed E-state index contributed by atoms with van der Waals surface area (Å²) < 4.78 is 13.6. The molecule has 6 nitrogen and oxygen atoms in total. The SMILES string of the molecule is CN(C(=O)CCNC(=O)C12CC3CC(CC(C3)C1)C2)C(C(N)=O)c1cccc(F)c1. The van der Waals surface area contributed by atoms with Gasteiger partial charge in [-0.25, -0.2) is 4.39 Å². The van der Waals surface area contributed by atoms with Crippen molar-refractivity contribution in [3.63, 3.8) is 0 Å². The molecule has 0 aliphatic heterocycles. The summed E-state index contributed by atoms with van der Waals surface area (Å²) in [4.78, 5) is 38.8. The van der Waals surface area contributed by atoms with Gasteiger partial charge in [-0.1, -0.05) is 12.1 Å². The summed E-state index contributed by atoms with van der Waals surface area (Å²) in [5, 5.41) is 2.98. The number of hydrogen-bond donors (Lipinski definition) is 2. The Hall–Kier alpha value is -2.44. The van der Waals surface area contributed by atoms with E-state index in [9.17, 15) is 18.8 Å². The maximum atomic E-state index is 13.6. The molecular weight excluding hydrogens is 385 g/mol. The largest absolute Gasteiger partial charge is 0.368 e. The van der Waals surface area contributed by atoms with Crippen molar-refractivity contribution in [2.24, 2.45) is 28.9 Å². The Morgan fingerprint density at radius 3 is 2.30 bits per heavy atom. The van der Waals surface area contributed by atoms with E-state index in [2.05, 4.69) is 5.32 Å². The number of halogens is 1. The molecule has 5 rings (SSSR count). The number of rotatable bonds is 7. The number of carbonyl (C=O) groups excluding carboxylic acids is 3. The van der Waals surface area contributed by atoms with Crippen molar-refractivity contribution in [2.75, 3.05) is 13.6 Å². The molecule has 4 aliphatic rings. The van der Waals surface area contributed by atoms with Crippen LogP contribution in [0.5, 0.6) is 0 Å². The summed E-state index contributed by atoms with van der Waals surface area (Å²) in [6.45, 7) is 0.221. The van der Waals surface area contributed by atoms with Crippen molar-refractivity contribution in [1.29, 1.82) is 0 Å². The Bertz CT molecular complexity index is 821. The van der Waals surface area contributed by atoms with Gasteiger partial charge in [0.1, 0.15) is 11.9 Å². The van der Waals surface area contributed by atoms with E-state index in [1.54, 1.807) is 6.07 Å². The minimum absolute atomic E-state index is 0.0632. The Morgan fingerprint density at radius 1 is 1.17 bits per heavy atom. The van der Waals surface area contributed by atoms with Gasteiger partial charge in [0, 0.05) is 25.4 Å². The van der Waals surface area contributed by atoms with Crippen LogP contribution in [0.4, 0.5) is 4.39 Å². The Morgan fingerprint density at radius 2 is 1.77 bits per heavy atom. The zero-order valence-corrected chi connectivity index (χ0v) is 17.4. The van der Waals surface area contributed by atoms with Gasteiger partial charge in [0.25, 0.3) is 0 Å². The van der Waals surface area contributed by atoms with E-state index >= 15 is 0 Å². The van der Waals surface area contributed by atoms with Crippen molar-refractivity contribution in [3.05, 3.63) is 35.6 Å². The summed E-state index contributed by atoms with van der Waals surface area (Å²) in [5.41, 5.74) is 5.56. The van der Waals surface area contributed by atoms with Gasteiger partial charge in [-0.15, -0.1) is 0 Å². The number of nitrogens with two attached hydrogens (primary N) is 1. The average Bonchev–Trinajstić information content (AvgIpc) is 2.66. The third-order valence-electron chi connectivity index (χ3n) is 7.36. The molecule has 1 unspecified atom stereocenters. The van der Waals surface area contributed by atoms with Crippen molar-refractivity contribution in [1.82, 2.24) is 10.2 Å². The maximum Gasteiger partial charge on any atom is 0.244 e. The molecule has 7 heteroatoms. The average molecular weight is 416 g/mol. The molecule has 4 saturated carbocycles. The van der Waals surface area contributed by atoms with Gasteiger partial charge in [-0.05, 0) is 74.0 Å². The maximum absolute atomic E-state index is 13.6. The number of likely N-dealkylation sites (N-methyl/N-ethyl adjacent to an activating group) is 1. The lowest BCUT2D eigenvalue weighted by molar-refractivity contribution is -0.146. The van der Waals surface area contributed by atoms with Crippen LogP contribution in [0.3, 0.4) is 0 Å². The Labute approximate surface area is 176 Å². The Balaban J connectivity index is 1.34. The first-order valence-electron chi connectivity index (χ1n) is 10.9. The van der Waals surface area contributed by atoms with E-state index in [1.165, 1.54) is 49.4 Å². The highest BCUT2D eigenvalue weighted by Crippen LogP contribution is 2.60. The molecule has 1 atom stereocenters. The molecule has 4 aliphatic carbocycles. The van der Waals surface area contributed by atoms with Crippen LogP contribution >= 0.6 is 0 Å². The van der Waals surface area contributed by atoms with Crippen molar-refractivity contribution in [2.45, 2.75) is 51.0 Å². The standard InChI is InChI=1S/C23H30FN3O3/c1-27(20(21(25)29)17-3-2-4-18(24)10-17)19(28)5-6-26-22(30)23-11-14-7-15(12-23)9-16(8-14)13-23/h2-4,10,14-16,20H,5-9,11-13H2,1H3,(H2,25,29)(H,26,30). The quantitative estimate of drug-likeness (QED) is 0.717. The fraction of sp³-hybridized carbons (Fsp3) is 0.609. The van der Waals surface area contributed by atoms with Crippen molar-refractivity contribution < 1.29 is 18.8 Å². The first-order valence-corrected chi connectivity index (χ1v) is 10.9. The molecule has 162 valence electrons. The van der Waals surface area contributed by atoms with Crippen LogP contribution < -0.4 is 11.1 Å². The molecule has 0 radical (unpaired) electrons. The Kier molecular flexibility index (Phi) is 5.55. The van der Waals surface area contributed by atoms with Gasteiger partial charge in [0.15, 0.2) is 0 Å². The van der Waals surface area contributed by atoms with Crippen molar-refractivity contribution in [3.8, 4) is 0 Å². The number of hydrogen-bond acceptors (Lipinski definition) is 3. The summed E-state index contributed by atoms with van der Waals surface area (Å²) in [6.07, 6.45) is 6.79. The monoisotopic (exact) mass is 415 g/mol. The van der Waals surface area contributed by atoms with E-state index in [4.69, 9.17) is 5.73 Å². The number of carbonyl (C=O) groups is 3. The molecule has 4 fully saturated rings. The van der Waals surface area contributed by atoms with Crippen LogP contribution in [0.1, 0.15) is 56.6 Å². The topological polar surface area (TPSA) is 92.5 Å². The fourth-order valence-electron chi connectivity index (χ4n) is 6.43. The zero-order chi connectivity index (χ0) is 21.5. The summed E-state index contributed by atoms with van der Waals surface area (Å²) in [6, 6.07) is 4.46. The van der Waals surface area contributed by atoms with Gasteiger partial charge in [-0.2, -0.15) is 0 Å². The number of nitrogens with zero attached hydrogens (tertiary/aromatic N) is 1. The van der Waals surface area contributed by atoms with E-state index in [0.717, 1.165) is 19.3 Å². The van der Waals surface area contributed by atoms with Crippen LogP contribution in [0, 0.1) is 29.0 Å². The molecule has 1 aromatic carbocycles. The lowest BCUT2D eigenvalue weighted by Gasteiger charge is -2.55. The van der Waals surface area contributed by atoms with Crippen LogP contribution in [0.15, 0.2) is 24.3 Å². The second-order valence-electron chi connectivity index (χ2n) is 9.57. The molecule has 0 saturated heterocycles. The minimum Gasteiger partial charge on any atom is -0.368 e. The molecule has 0 spiro atoms. The summed E-state index contributed by atoms with van der Waals surface area (Å²) >= 11 is 0. The van der Waals surface area contributed by atoms with Gasteiger partial charge in [-0.3, -0.25) is 14.4 Å². The molecule has 4 bridgehead atoms. The van der Waals surface area contributed by atoms with Crippen LogP contribution in [0.25, 0.3) is 0 Å². The molecule has 0 aromatic heterocycles. The van der Waals surface area contributed by atoms with Gasteiger partial charge in [0.05, 0.1) is 0 Å². The fourth-order valence-corrected chi connectivity index (χ4v) is 6.43. The number of primary amides is 1. The lowest BCUT2D eigenvalue weighted by atomic mass is 9.49. The second kappa shape index (κ2) is 8.00. The normalized spacial score (nSPS) is 30.0. The predicted octanol–water partition coefficient (Wildman–Crippen LogP) is 2.53. The molecule has 0 heterocycles. The van der Waals surface area contributed by atoms with E-state index in [-0.39, 0.29) is 30.2 Å². The molecule has 3 N–H and O–H groups in total. The highest BCUT2D eigenvalue weighted by atomic mass is 19.1. The molecule has 3 amide bonds. The predicted molar refractivity (Wildman–Crippen MR) is 109 cm³/mol. The lowest BCUT2D eigenvalue weighted by Crippen LogP contribution is -2.53. The zero-order valence-electron chi connectivity index (χ0n) is 17.4. The summed E-state index contributed by atoms with van der Waals surface area (Å²) in [5.74, 6) is 0.561. The minimum atomic E-state index is -1.05. The third-order valence-corrected chi connectivity index (χ3v) is 7.36. The number of nitrogens with one attached hydrogen (secondary N) is 1. The highest BCUT2D eigenvalue weighted by Gasteiger charge is 2.54. The summed E-state index contributed by atoms with van der Waals surface area (Å²) in [7, 11) is 1.48. The van der Waals surface area contributed by atoms with Crippen LogP contribution in [0.2, 0.25) is 0 Å². The molecular formula is C23H30FN3O3. The van der Waals surface area contributed by atoms with E-state index in [0.29, 0.717) is 23.3 Å². The van der Waals surface area contributed by atoms with Crippen LogP contribution in [-0.4, -0.2) is 36.2 Å². The highest BCUT2D eigenvalue weighted by molar-refractivity contribution is 5.88. The van der Waals surface area contributed by atoms with Crippen LogP contribution in [-0.2, 0) is 14.4 Å². The van der Waals surface area contributed by atoms with E-state index in [1.807, 2.05) is 0 Å². The number of amides is 3. The first-order chi connectivity index (χ1) is 14.3. The second-order valence-corrected chi connectivity index (χ2v) is 9.57. The third kappa shape index (κ3) is 3.94. The van der Waals surface area contributed by atoms with E-state index < -0.39 is 17.8 Å². The first kappa shape index (κ1) is 20.8. The number of benzene rings is 1. The van der Waals surface area contributed by atoms with Crippen molar-refractivity contribution >= 4 is 17.7 Å². The smallest absolute Gasteiger partial charge is 0.244 e. The molecule has 30 heavy (non-hydrogen) atoms.